The Balaban J connectivity index is 1.32. The van der Waals surface area contributed by atoms with Crippen molar-refractivity contribution in [2.24, 2.45) is 5.10 Å². The number of aromatic nitrogens is 2. The molecule has 0 atom stereocenters. The van der Waals surface area contributed by atoms with E-state index in [1.54, 1.807) is 10.9 Å². The zero-order chi connectivity index (χ0) is 28.4. The summed E-state index contributed by atoms with van der Waals surface area (Å²) in [5, 5.41) is 21.7. The molecule has 6 rings (SSSR count). The van der Waals surface area contributed by atoms with E-state index in [-0.39, 0.29) is 36.9 Å². The number of ether oxygens (including phenoxy) is 1. The average Bonchev–Trinajstić information content (AvgIpc) is 3.62. The van der Waals surface area contributed by atoms with Crippen molar-refractivity contribution in [2.75, 3.05) is 31.7 Å². The van der Waals surface area contributed by atoms with Gasteiger partial charge in [-0.1, -0.05) is 36.4 Å². The summed E-state index contributed by atoms with van der Waals surface area (Å²) < 4.78 is 40.2. The van der Waals surface area contributed by atoms with E-state index in [2.05, 4.69) is 10.5 Å². The van der Waals surface area contributed by atoms with E-state index in [0.29, 0.717) is 22.6 Å². The van der Waals surface area contributed by atoms with Gasteiger partial charge in [0.2, 0.25) is 10.0 Å². The number of nitro groups is 1. The number of furan rings is 1. The predicted molar refractivity (Wildman–Crippen MR) is 153 cm³/mol. The molecule has 41 heavy (non-hydrogen) atoms. The number of hydrazone groups is 1. The molecule has 0 spiro atoms. The normalized spacial score (nSPS) is 14.5. The number of benzene rings is 3. The lowest BCUT2D eigenvalue weighted by molar-refractivity contribution is -0.384. The lowest BCUT2D eigenvalue weighted by atomic mass is 10.2. The van der Waals surface area contributed by atoms with Gasteiger partial charge in [0, 0.05) is 36.3 Å². The Morgan fingerprint density at radius 1 is 1.00 bits per heavy atom. The third-order valence-electron chi connectivity index (χ3n) is 6.58. The molecule has 208 valence electrons. The molecule has 3 heterocycles. The van der Waals surface area contributed by atoms with Gasteiger partial charge < -0.3 is 9.15 Å². The van der Waals surface area contributed by atoms with Crippen molar-refractivity contribution in [3.05, 3.63) is 101 Å². The van der Waals surface area contributed by atoms with Crippen molar-refractivity contribution in [2.45, 2.75) is 4.90 Å². The molecule has 2 aromatic heterocycles. The Bertz CT molecular complexity index is 1830. The number of sulfonamides is 1. The van der Waals surface area contributed by atoms with Gasteiger partial charge in [0.1, 0.15) is 17.0 Å². The van der Waals surface area contributed by atoms with E-state index in [4.69, 9.17) is 14.3 Å². The maximum Gasteiger partial charge on any atom is 0.295 e. The minimum absolute atomic E-state index is 0.0351. The topological polar surface area (TPSA) is 145 Å². The summed E-state index contributed by atoms with van der Waals surface area (Å²) in [7, 11) is -3.91. The Kier molecular flexibility index (Phi) is 7.05. The lowest BCUT2D eigenvalue weighted by Crippen LogP contribution is -2.40. The molecule has 1 saturated heterocycles. The summed E-state index contributed by atoms with van der Waals surface area (Å²) in [6.07, 6.45) is 3.26. The van der Waals surface area contributed by atoms with E-state index in [1.807, 2.05) is 60.7 Å². The Morgan fingerprint density at radius 3 is 2.51 bits per heavy atom. The minimum Gasteiger partial charge on any atom is -0.454 e. The van der Waals surface area contributed by atoms with Gasteiger partial charge in [-0.3, -0.25) is 15.5 Å². The first-order chi connectivity index (χ1) is 19.9. The van der Waals surface area contributed by atoms with Gasteiger partial charge in [-0.05, 0) is 36.4 Å². The van der Waals surface area contributed by atoms with Gasteiger partial charge in [-0.15, -0.1) is 0 Å². The molecule has 12 nitrogen and oxygen atoms in total. The van der Waals surface area contributed by atoms with Gasteiger partial charge in [-0.2, -0.15) is 14.5 Å². The Labute approximate surface area is 234 Å². The summed E-state index contributed by atoms with van der Waals surface area (Å²) in [6.45, 7) is 0.911. The van der Waals surface area contributed by atoms with Crippen molar-refractivity contribution in [3.63, 3.8) is 0 Å². The van der Waals surface area contributed by atoms with Crippen LogP contribution in [0.25, 0.3) is 28.1 Å². The van der Waals surface area contributed by atoms with E-state index in [1.165, 1.54) is 22.7 Å². The fourth-order valence-corrected chi connectivity index (χ4v) is 5.94. The zero-order valence-corrected chi connectivity index (χ0v) is 22.4. The monoisotopic (exact) mass is 572 g/mol. The molecule has 0 saturated carbocycles. The predicted octanol–water partition coefficient (Wildman–Crippen LogP) is 4.66. The number of nitrogens with one attached hydrogen (secondary N) is 1. The van der Waals surface area contributed by atoms with Gasteiger partial charge in [0.05, 0.1) is 34.9 Å². The van der Waals surface area contributed by atoms with Crippen LogP contribution in [0.1, 0.15) is 5.56 Å². The molecule has 0 bridgehead atoms. The van der Waals surface area contributed by atoms with E-state index in [0.717, 1.165) is 17.1 Å². The van der Waals surface area contributed by atoms with Crippen LogP contribution in [0.5, 0.6) is 0 Å². The molecule has 1 N–H and O–H groups in total. The van der Waals surface area contributed by atoms with Crippen LogP contribution >= 0.6 is 0 Å². The van der Waals surface area contributed by atoms with Crippen LogP contribution in [-0.4, -0.2) is 59.9 Å². The minimum atomic E-state index is -3.91. The zero-order valence-electron chi connectivity index (χ0n) is 21.6. The number of para-hydroxylation sites is 2. The molecular weight excluding hydrogens is 548 g/mol. The molecular formula is C28H24N6O6S. The van der Waals surface area contributed by atoms with Crippen LogP contribution in [-0.2, 0) is 14.8 Å². The highest BCUT2D eigenvalue weighted by molar-refractivity contribution is 7.89. The first-order valence-electron chi connectivity index (χ1n) is 12.7. The summed E-state index contributed by atoms with van der Waals surface area (Å²) >= 11 is 0. The maximum absolute atomic E-state index is 13.0. The van der Waals surface area contributed by atoms with Crippen LogP contribution in [0, 0.1) is 10.1 Å². The fraction of sp³-hybridized carbons (Fsp3) is 0.143. The van der Waals surface area contributed by atoms with Crippen LogP contribution in [0.4, 0.5) is 11.4 Å². The first-order valence-corrected chi connectivity index (χ1v) is 14.1. The molecule has 0 amide bonds. The van der Waals surface area contributed by atoms with Crippen LogP contribution in [0.15, 0.2) is 99.5 Å². The third-order valence-corrected chi connectivity index (χ3v) is 8.48. The van der Waals surface area contributed by atoms with Crippen LogP contribution < -0.4 is 5.43 Å². The quantitative estimate of drug-likeness (QED) is 0.161. The number of rotatable bonds is 8. The highest BCUT2D eigenvalue weighted by Crippen LogP contribution is 2.31. The SMILES string of the molecule is O=[N+]([O-])c1cc(S(=O)(=O)N2CCOCC2)ccc1NN=Cc1cn(-c2ccccc2)nc1-c1cc2ccccc2o1. The number of hydrogen-bond donors (Lipinski definition) is 1. The molecule has 5 aromatic rings. The summed E-state index contributed by atoms with van der Waals surface area (Å²) in [6, 6.07) is 22.7. The molecule has 0 aliphatic carbocycles. The largest absolute Gasteiger partial charge is 0.454 e. The molecule has 13 heteroatoms. The molecule has 0 radical (unpaired) electrons. The molecule has 1 aliphatic rings. The summed E-state index contributed by atoms with van der Waals surface area (Å²) in [5.41, 5.74) is 4.95. The van der Waals surface area contributed by atoms with E-state index < -0.39 is 20.6 Å². The number of nitrogens with zero attached hydrogens (tertiary/aromatic N) is 5. The van der Waals surface area contributed by atoms with Crippen LogP contribution in [0.3, 0.4) is 0 Å². The lowest BCUT2D eigenvalue weighted by Gasteiger charge is -2.26. The molecule has 3 aromatic carbocycles. The Morgan fingerprint density at radius 2 is 1.76 bits per heavy atom. The van der Waals surface area contributed by atoms with Crippen molar-refractivity contribution in [1.29, 1.82) is 0 Å². The second kappa shape index (κ2) is 11.0. The van der Waals surface area contributed by atoms with Gasteiger partial charge in [0.25, 0.3) is 5.69 Å². The molecule has 1 aliphatic heterocycles. The number of fused-ring (bicyclic) bond motifs is 1. The van der Waals surface area contributed by atoms with Gasteiger partial charge in [-0.25, -0.2) is 13.1 Å². The smallest absolute Gasteiger partial charge is 0.295 e. The van der Waals surface area contributed by atoms with Gasteiger partial charge in [0.15, 0.2) is 5.76 Å². The number of morpholine rings is 1. The maximum atomic E-state index is 13.0. The van der Waals surface area contributed by atoms with Crippen molar-refractivity contribution in [1.82, 2.24) is 14.1 Å². The fourth-order valence-electron chi connectivity index (χ4n) is 4.51. The number of hydrogen-bond acceptors (Lipinski definition) is 9. The number of anilines is 1. The Hall–Kier alpha value is -4.85. The highest BCUT2D eigenvalue weighted by atomic mass is 32.2. The molecule has 1 fully saturated rings. The third kappa shape index (κ3) is 5.33. The van der Waals surface area contributed by atoms with Crippen LogP contribution in [0.2, 0.25) is 0 Å². The average molecular weight is 573 g/mol. The second-order valence-electron chi connectivity index (χ2n) is 9.18. The van der Waals surface area contributed by atoms with Gasteiger partial charge >= 0.3 is 0 Å². The highest BCUT2D eigenvalue weighted by Gasteiger charge is 2.29. The first kappa shape index (κ1) is 26.4. The summed E-state index contributed by atoms with van der Waals surface area (Å²) in [4.78, 5) is 11.0. The summed E-state index contributed by atoms with van der Waals surface area (Å²) in [5.74, 6) is 0.533. The van der Waals surface area contributed by atoms with Crippen molar-refractivity contribution in [3.8, 4) is 17.1 Å². The second-order valence-corrected chi connectivity index (χ2v) is 11.1. The number of nitro benzene ring substituents is 1. The molecule has 0 unspecified atom stereocenters. The van der Waals surface area contributed by atoms with E-state index >= 15 is 0 Å². The standard InChI is InChI=1S/C28H24N6O6S/c35-34(36)25-17-23(41(37,38)32-12-14-39-15-13-32)10-11-24(25)30-29-18-21-19-33(22-7-2-1-3-8-22)31-28(21)27-16-20-6-4-5-9-26(20)40-27/h1-11,16-19,30H,12-15H2. The van der Waals surface area contributed by atoms with Crippen molar-refractivity contribution >= 4 is 38.6 Å². The van der Waals surface area contributed by atoms with E-state index in [9.17, 15) is 18.5 Å². The van der Waals surface area contributed by atoms with Crippen molar-refractivity contribution < 1.29 is 22.5 Å².